The van der Waals surface area contributed by atoms with E-state index in [0.29, 0.717) is 6.54 Å². The van der Waals surface area contributed by atoms with Crippen molar-refractivity contribution in [1.29, 1.82) is 0 Å². The van der Waals surface area contributed by atoms with E-state index in [2.05, 4.69) is 49.4 Å². The molecule has 2 bridgehead atoms. The molecule has 0 fully saturated rings. The van der Waals surface area contributed by atoms with Crippen molar-refractivity contribution in [2.45, 2.75) is 13.1 Å². The summed E-state index contributed by atoms with van der Waals surface area (Å²) >= 11 is 0. The first-order chi connectivity index (χ1) is 10.9. The third-order valence-electron chi connectivity index (χ3n) is 3.63. The zero-order valence-electron chi connectivity index (χ0n) is 13.3. The van der Waals surface area contributed by atoms with Crippen LogP contribution in [0.2, 0.25) is 0 Å². The first-order valence-corrected chi connectivity index (χ1v) is 8.08. The van der Waals surface area contributed by atoms with Crippen LogP contribution in [0, 0.1) is 0 Å². The molecule has 0 radical (unpaired) electrons. The van der Waals surface area contributed by atoms with Gasteiger partial charge in [-0.15, -0.1) is 0 Å². The summed E-state index contributed by atoms with van der Waals surface area (Å²) in [5, 5.41) is 13.6. The van der Waals surface area contributed by atoms with E-state index in [1.165, 1.54) is 0 Å². The second kappa shape index (κ2) is 10.6. The molecule has 2 heterocycles. The number of aromatic nitrogens is 1. The van der Waals surface area contributed by atoms with Gasteiger partial charge in [0.05, 0.1) is 11.4 Å². The number of nitrogens with two attached hydrogens (primary N) is 1. The van der Waals surface area contributed by atoms with Gasteiger partial charge in [0.1, 0.15) is 0 Å². The van der Waals surface area contributed by atoms with Crippen LogP contribution in [0.4, 0.5) is 0 Å². The molecule has 1 aromatic heterocycles. The van der Waals surface area contributed by atoms with Crippen molar-refractivity contribution in [3.05, 3.63) is 29.6 Å². The van der Waals surface area contributed by atoms with Crippen molar-refractivity contribution in [3.8, 4) is 0 Å². The lowest BCUT2D eigenvalue weighted by atomic mass is 10.3. The van der Waals surface area contributed by atoms with Gasteiger partial charge in [0.15, 0.2) is 0 Å². The van der Waals surface area contributed by atoms with E-state index in [4.69, 9.17) is 5.73 Å². The maximum absolute atomic E-state index is 5.68. The summed E-state index contributed by atoms with van der Waals surface area (Å²) < 4.78 is 0. The Bertz CT molecular complexity index is 381. The van der Waals surface area contributed by atoms with E-state index in [9.17, 15) is 0 Å². The van der Waals surface area contributed by atoms with Crippen molar-refractivity contribution in [3.63, 3.8) is 0 Å². The molecule has 124 valence electrons. The van der Waals surface area contributed by atoms with Gasteiger partial charge in [0, 0.05) is 65.7 Å². The Balaban J connectivity index is 1.84. The molecular weight excluding hydrogens is 278 g/mol. The van der Waals surface area contributed by atoms with Crippen molar-refractivity contribution < 1.29 is 0 Å². The third-order valence-corrected chi connectivity index (χ3v) is 3.63. The summed E-state index contributed by atoms with van der Waals surface area (Å²) in [5.74, 6) is 0. The topological polar surface area (TPSA) is 90.3 Å². The fourth-order valence-corrected chi connectivity index (χ4v) is 2.45. The first kappa shape index (κ1) is 17.3. The van der Waals surface area contributed by atoms with Crippen LogP contribution in [0.5, 0.6) is 0 Å². The fraction of sp³-hybridized carbons (Fsp3) is 0.667. The summed E-state index contributed by atoms with van der Waals surface area (Å²) in [6.07, 6.45) is 0. The molecule has 6 N–H and O–H groups in total. The van der Waals surface area contributed by atoms with Crippen molar-refractivity contribution in [2.75, 3.05) is 52.6 Å². The van der Waals surface area contributed by atoms with Crippen LogP contribution in [-0.2, 0) is 13.1 Å². The lowest BCUT2D eigenvalue weighted by Crippen LogP contribution is -2.42. The Kier molecular flexibility index (Phi) is 8.32. The molecule has 1 aromatic rings. The minimum atomic E-state index is 0.705. The zero-order chi connectivity index (χ0) is 15.5. The summed E-state index contributed by atoms with van der Waals surface area (Å²) in [5.41, 5.74) is 7.83. The average Bonchev–Trinajstić information content (AvgIpc) is 2.53. The van der Waals surface area contributed by atoms with Gasteiger partial charge >= 0.3 is 0 Å². The number of rotatable bonds is 2. The van der Waals surface area contributed by atoms with Crippen LogP contribution in [0.3, 0.4) is 0 Å². The van der Waals surface area contributed by atoms with Crippen LogP contribution in [0.1, 0.15) is 11.4 Å². The van der Waals surface area contributed by atoms with Gasteiger partial charge < -0.3 is 16.4 Å². The first-order valence-electron chi connectivity index (χ1n) is 8.08. The lowest BCUT2D eigenvalue weighted by Gasteiger charge is -2.22. The Hall–Kier alpha value is -1.09. The predicted molar refractivity (Wildman–Crippen MR) is 89.2 cm³/mol. The van der Waals surface area contributed by atoms with Crippen molar-refractivity contribution in [1.82, 2.24) is 31.2 Å². The third kappa shape index (κ3) is 6.78. The Morgan fingerprint density at radius 3 is 2.09 bits per heavy atom. The minimum Gasteiger partial charge on any atom is -0.329 e. The number of fused-ring (bicyclic) bond motifs is 2. The van der Waals surface area contributed by atoms with E-state index < -0.39 is 0 Å². The maximum Gasteiger partial charge on any atom is 0.0546 e. The van der Waals surface area contributed by atoms with Gasteiger partial charge in [0.2, 0.25) is 0 Å². The monoisotopic (exact) mass is 307 g/mol. The smallest absolute Gasteiger partial charge is 0.0546 e. The molecule has 0 saturated carbocycles. The van der Waals surface area contributed by atoms with Crippen LogP contribution in [-0.4, -0.2) is 62.5 Å². The van der Waals surface area contributed by atoms with E-state index in [1.54, 1.807) is 0 Å². The molecule has 0 spiro atoms. The number of nitrogens with one attached hydrogen (secondary N) is 4. The molecule has 1 aliphatic rings. The summed E-state index contributed by atoms with van der Waals surface area (Å²) in [6.45, 7) is 8.74. The van der Waals surface area contributed by atoms with E-state index in [1.807, 2.05) is 0 Å². The summed E-state index contributed by atoms with van der Waals surface area (Å²) in [4.78, 5) is 7.02. The molecule has 1 aliphatic heterocycles. The van der Waals surface area contributed by atoms with Gasteiger partial charge in [-0.1, -0.05) is 6.07 Å². The van der Waals surface area contributed by atoms with E-state index >= 15 is 0 Å². The summed E-state index contributed by atoms with van der Waals surface area (Å²) in [6, 6.07) is 6.18. The molecule has 0 unspecified atom stereocenters. The minimum absolute atomic E-state index is 0.705. The predicted octanol–water partition coefficient (Wildman–Crippen LogP) is -1.37. The Morgan fingerprint density at radius 2 is 1.55 bits per heavy atom. The molecule has 2 rings (SSSR count). The molecule has 0 saturated heterocycles. The van der Waals surface area contributed by atoms with E-state index in [-0.39, 0.29) is 0 Å². The zero-order valence-corrected chi connectivity index (χ0v) is 13.3. The number of hydrogen-bond acceptors (Lipinski definition) is 7. The van der Waals surface area contributed by atoms with Gasteiger partial charge in [-0.25, -0.2) is 0 Å². The van der Waals surface area contributed by atoms with Gasteiger partial charge in [-0.05, 0) is 12.1 Å². The van der Waals surface area contributed by atoms with Crippen molar-refractivity contribution >= 4 is 0 Å². The molecule has 0 aromatic carbocycles. The average molecular weight is 307 g/mol. The fourth-order valence-electron chi connectivity index (χ4n) is 2.45. The SMILES string of the molecule is NCCN1CCNCNCc2cccc(n2)CNCNCC1. The van der Waals surface area contributed by atoms with Crippen LogP contribution < -0.4 is 27.0 Å². The maximum atomic E-state index is 5.68. The Labute approximate surface area is 133 Å². The highest BCUT2D eigenvalue weighted by Gasteiger charge is 2.04. The molecule has 0 aliphatic carbocycles. The molecular formula is C15H29N7. The van der Waals surface area contributed by atoms with Gasteiger partial charge in [-0.3, -0.25) is 20.5 Å². The number of hydrogen-bond donors (Lipinski definition) is 5. The largest absolute Gasteiger partial charge is 0.329 e. The molecule has 0 atom stereocenters. The molecule has 7 nitrogen and oxygen atoms in total. The van der Waals surface area contributed by atoms with Crippen LogP contribution in [0.15, 0.2) is 18.2 Å². The summed E-state index contributed by atoms with van der Waals surface area (Å²) in [7, 11) is 0. The molecule has 0 amide bonds. The van der Waals surface area contributed by atoms with Gasteiger partial charge in [-0.2, -0.15) is 0 Å². The highest BCUT2D eigenvalue weighted by atomic mass is 15.2. The second-order valence-corrected chi connectivity index (χ2v) is 5.46. The highest BCUT2D eigenvalue weighted by molar-refractivity contribution is 5.11. The van der Waals surface area contributed by atoms with Gasteiger partial charge in [0.25, 0.3) is 0 Å². The normalized spacial score (nSPS) is 19.9. The second-order valence-electron chi connectivity index (χ2n) is 5.46. The molecule has 22 heavy (non-hydrogen) atoms. The number of pyridine rings is 1. The molecule has 7 heteroatoms. The quantitative estimate of drug-likeness (QED) is 0.460. The standard InChI is InChI=1S/C15H29N7/c16-4-7-22-8-5-17-12-19-10-14-2-1-3-15(21-14)11-20-13-18-6-9-22/h1-3,17-20H,4-13,16H2. The van der Waals surface area contributed by atoms with Crippen LogP contribution >= 0.6 is 0 Å². The highest BCUT2D eigenvalue weighted by Crippen LogP contribution is 1.99. The Morgan fingerprint density at radius 1 is 0.955 bits per heavy atom. The van der Waals surface area contributed by atoms with Crippen molar-refractivity contribution in [2.24, 2.45) is 5.73 Å². The lowest BCUT2D eigenvalue weighted by molar-refractivity contribution is 0.277. The number of nitrogens with zero attached hydrogens (tertiary/aromatic N) is 2. The van der Waals surface area contributed by atoms with Crippen LogP contribution in [0.25, 0.3) is 0 Å². The van der Waals surface area contributed by atoms with E-state index in [0.717, 1.165) is 70.5 Å².